The SMILES string of the molecule is Nc1cccc2cnn(OCc3ccccc3)c12. The molecule has 0 aliphatic rings. The van der Waals surface area contributed by atoms with E-state index in [1.165, 1.54) is 4.85 Å². The topological polar surface area (TPSA) is 53.1 Å². The molecule has 4 heteroatoms. The number of nitrogen functional groups attached to an aromatic ring is 1. The minimum absolute atomic E-state index is 0.464. The Hall–Kier alpha value is -2.49. The van der Waals surface area contributed by atoms with Crippen LogP contribution >= 0.6 is 0 Å². The first-order chi connectivity index (χ1) is 8.84. The molecule has 0 unspecified atom stereocenters. The largest absolute Gasteiger partial charge is 0.397 e. The molecule has 0 fully saturated rings. The number of nitrogens with two attached hydrogens (primary N) is 1. The summed E-state index contributed by atoms with van der Waals surface area (Å²) >= 11 is 0. The molecule has 4 nitrogen and oxygen atoms in total. The van der Waals surface area contributed by atoms with Gasteiger partial charge in [0.05, 0.1) is 11.9 Å². The van der Waals surface area contributed by atoms with Crippen LogP contribution in [-0.4, -0.2) is 9.94 Å². The number of para-hydroxylation sites is 1. The first-order valence-electron chi connectivity index (χ1n) is 5.74. The van der Waals surface area contributed by atoms with Gasteiger partial charge in [-0.1, -0.05) is 47.3 Å². The highest BCUT2D eigenvalue weighted by Gasteiger charge is 2.06. The minimum atomic E-state index is 0.464. The van der Waals surface area contributed by atoms with Crippen molar-refractivity contribution in [1.29, 1.82) is 0 Å². The van der Waals surface area contributed by atoms with Crippen molar-refractivity contribution in [3.05, 3.63) is 60.3 Å². The van der Waals surface area contributed by atoms with Crippen LogP contribution in [0.2, 0.25) is 0 Å². The number of rotatable bonds is 3. The Bertz CT molecular complexity index is 661. The van der Waals surface area contributed by atoms with Gasteiger partial charge in [-0.05, 0) is 11.6 Å². The van der Waals surface area contributed by atoms with Crippen molar-refractivity contribution in [2.24, 2.45) is 0 Å². The van der Waals surface area contributed by atoms with Crippen LogP contribution in [0.4, 0.5) is 5.69 Å². The maximum Gasteiger partial charge on any atom is 0.142 e. The Balaban J connectivity index is 1.87. The normalized spacial score (nSPS) is 10.7. The zero-order chi connectivity index (χ0) is 12.4. The number of hydrogen-bond acceptors (Lipinski definition) is 3. The van der Waals surface area contributed by atoms with Crippen molar-refractivity contribution in [3.8, 4) is 0 Å². The first-order valence-corrected chi connectivity index (χ1v) is 5.74. The van der Waals surface area contributed by atoms with Crippen LogP contribution in [0.25, 0.3) is 10.9 Å². The second-order valence-corrected chi connectivity index (χ2v) is 4.06. The molecule has 1 heterocycles. The lowest BCUT2D eigenvalue weighted by atomic mass is 10.2. The third-order valence-electron chi connectivity index (χ3n) is 2.79. The maximum absolute atomic E-state index is 5.93. The average molecular weight is 239 g/mol. The van der Waals surface area contributed by atoms with Crippen LogP contribution in [0.1, 0.15) is 5.56 Å². The van der Waals surface area contributed by atoms with Gasteiger partial charge in [-0.3, -0.25) is 0 Å². The van der Waals surface area contributed by atoms with Crippen LogP contribution in [0.15, 0.2) is 54.7 Å². The van der Waals surface area contributed by atoms with Crippen LogP contribution in [0, 0.1) is 0 Å². The van der Waals surface area contributed by atoms with E-state index in [0.717, 1.165) is 16.5 Å². The number of hydrogen-bond donors (Lipinski definition) is 1. The molecular weight excluding hydrogens is 226 g/mol. The lowest BCUT2D eigenvalue weighted by Crippen LogP contribution is -2.13. The van der Waals surface area contributed by atoms with Crippen LogP contribution in [0.3, 0.4) is 0 Å². The summed E-state index contributed by atoms with van der Waals surface area (Å²) in [5.41, 5.74) is 8.50. The minimum Gasteiger partial charge on any atom is -0.397 e. The van der Waals surface area contributed by atoms with Gasteiger partial charge in [0, 0.05) is 5.39 Å². The molecule has 0 spiro atoms. The monoisotopic (exact) mass is 239 g/mol. The lowest BCUT2D eigenvalue weighted by Gasteiger charge is -2.07. The molecule has 0 saturated heterocycles. The number of aromatic nitrogens is 2. The predicted molar refractivity (Wildman–Crippen MR) is 70.9 cm³/mol. The van der Waals surface area contributed by atoms with Crippen LogP contribution in [0.5, 0.6) is 0 Å². The molecule has 0 bridgehead atoms. The molecule has 3 rings (SSSR count). The van der Waals surface area contributed by atoms with Gasteiger partial charge in [-0.15, -0.1) is 5.10 Å². The molecule has 0 saturated carbocycles. The quantitative estimate of drug-likeness (QED) is 0.713. The maximum atomic E-state index is 5.93. The zero-order valence-corrected chi connectivity index (χ0v) is 9.78. The van der Waals surface area contributed by atoms with E-state index >= 15 is 0 Å². The van der Waals surface area contributed by atoms with Crippen molar-refractivity contribution in [2.75, 3.05) is 5.73 Å². The highest BCUT2D eigenvalue weighted by atomic mass is 16.7. The molecule has 0 amide bonds. The van der Waals surface area contributed by atoms with Crippen LogP contribution in [-0.2, 0) is 6.61 Å². The Kier molecular flexibility index (Phi) is 2.61. The van der Waals surface area contributed by atoms with E-state index < -0.39 is 0 Å². The van der Waals surface area contributed by atoms with Gasteiger partial charge in [0.2, 0.25) is 0 Å². The summed E-state index contributed by atoms with van der Waals surface area (Å²) in [6, 6.07) is 15.7. The molecular formula is C14H13N3O. The summed E-state index contributed by atoms with van der Waals surface area (Å²) in [6.45, 7) is 0.464. The number of nitrogens with zero attached hydrogens (tertiary/aromatic N) is 2. The van der Waals surface area contributed by atoms with Gasteiger partial charge < -0.3 is 10.6 Å². The fourth-order valence-electron chi connectivity index (χ4n) is 1.89. The second-order valence-electron chi connectivity index (χ2n) is 4.06. The smallest absolute Gasteiger partial charge is 0.142 e. The van der Waals surface area contributed by atoms with Gasteiger partial charge >= 0.3 is 0 Å². The van der Waals surface area contributed by atoms with E-state index in [2.05, 4.69) is 5.10 Å². The summed E-state index contributed by atoms with van der Waals surface area (Å²) in [5.74, 6) is 0. The van der Waals surface area contributed by atoms with Gasteiger partial charge in [0.1, 0.15) is 12.1 Å². The van der Waals surface area contributed by atoms with Gasteiger partial charge in [0.25, 0.3) is 0 Å². The lowest BCUT2D eigenvalue weighted by molar-refractivity contribution is 0.0797. The van der Waals surface area contributed by atoms with Crippen molar-refractivity contribution in [2.45, 2.75) is 6.61 Å². The molecule has 90 valence electrons. The average Bonchev–Trinajstić information content (AvgIpc) is 2.82. The third-order valence-corrected chi connectivity index (χ3v) is 2.79. The Labute approximate surface area is 105 Å². The van der Waals surface area contributed by atoms with E-state index in [1.807, 2.05) is 48.5 Å². The van der Waals surface area contributed by atoms with Gasteiger partial charge in [-0.2, -0.15) is 0 Å². The third kappa shape index (κ3) is 1.88. The van der Waals surface area contributed by atoms with E-state index in [1.54, 1.807) is 6.20 Å². The summed E-state index contributed by atoms with van der Waals surface area (Å²) in [5, 5.41) is 5.16. The van der Waals surface area contributed by atoms with Gasteiger partial charge in [0.15, 0.2) is 0 Å². The molecule has 2 N–H and O–H groups in total. The second kappa shape index (κ2) is 4.41. The zero-order valence-electron chi connectivity index (χ0n) is 9.78. The summed E-state index contributed by atoms with van der Waals surface area (Å²) in [7, 11) is 0. The molecule has 18 heavy (non-hydrogen) atoms. The number of fused-ring (bicyclic) bond motifs is 1. The molecule has 0 aliphatic heterocycles. The molecule has 0 radical (unpaired) electrons. The number of benzene rings is 2. The van der Waals surface area contributed by atoms with Crippen molar-refractivity contribution in [1.82, 2.24) is 9.94 Å². The standard InChI is InChI=1S/C14H13N3O/c15-13-8-4-7-12-9-16-17(14(12)13)18-10-11-5-2-1-3-6-11/h1-9H,10,15H2. The fraction of sp³-hybridized carbons (Fsp3) is 0.0714. The van der Waals surface area contributed by atoms with E-state index in [4.69, 9.17) is 10.6 Å². The van der Waals surface area contributed by atoms with E-state index in [0.29, 0.717) is 12.3 Å². The Morgan fingerprint density at radius 1 is 1.06 bits per heavy atom. The summed E-state index contributed by atoms with van der Waals surface area (Å²) < 4.78 is 0. The predicted octanol–water partition coefficient (Wildman–Crippen LogP) is 2.25. The van der Waals surface area contributed by atoms with Crippen molar-refractivity contribution >= 4 is 16.6 Å². The molecule has 0 aliphatic carbocycles. The van der Waals surface area contributed by atoms with E-state index in [-0.39, 0.29) is 0 Å². The highest BCUT2D eigenvalue weighted by molar-refractivity contribution is 5.89. The number of anilines is 1. The highest BCUT2D eigenvalue weighted by Crippen LogP contribution is 2.19. The molecule has 3 aromatic rings. The molecule has 2 aromatic carbocycles. The van der Waals surface area contributed by atoms with Crippen molar-refractivity contribution in [3.63, 3.8) is 0 Å². The first kappa shape index (κ1) is 10.7. The van der Waals surface area contributed by atoms with Crippen LogP contribution < -0.4 is 10.6 Å². The molecule has 0 atom stereocenters. The summed E-state index contributed by atoms with van der Waals surface area (Å²) in [4.78, 5) is 7.14. The summed E-state index contributed by atoms with van der Waals surface area (Å²) in [6.07, 6.45) is 1.75. The van der Waals surface area contributed by atoms with E-state index in [9.17, 15) is 0 Å². The Morgan fingerprint density at radius 3 is 2.72 bits per heavy atom. The molecule has 1 aromatic heterocycles. The van der Waals surface area contributed by atoms with Gasteiger partial charge in [-0.25, -0.2) is 0 Å². The fourth-order valence-corrected chi connectivity index (χ4v) is 1.89. The van der Waals surface area contributed by atoms with Crippen molar-refractivity contribution < 1.29 is 4.84 Å². The Morgan fingerprint density at radius 2 is 1.89 bits per heavy atom.